The highest BCUT2D eigenvalue weighted by atomic mass is 16.5. The summed E-state index contributed by atoms with van der Waals surface area (Å²) >= 11 is 0. The summed E-state index contributed by atoms with van der Waals surface area (Å²) in [6.07, 6.45) is 1.77. The van der Waals surface area contributed by atoms with Crippen LogP contribution in [0.4, 0.5) is 11.6 Å². The van der Waals surface area contributed by atoms with Gasteiger partial charge in [0.15, 0.2) is 5.82 Å². The van der Waals surface area contributed by atoms with Crippen LogP contribution in [0.3, 0.4) is 0 Å². The number of anilines is 2. The lowest BCUT2D eigenvalue weighted by atomic mass is 10.0. The Labute approximate surface area is 145 Å². The van der Waals surface area contributed by atoms with Gasteiger partial charge in [0, 0.05) is 23.2 Å². The minimum absolute atomic E-state index is 0.726. The number of fused-ring (bicyclic) bond motifs is 1. The minimum atomic E-state index is 0.726. The molecule has 2 heterocycles. The molecule has 0 saturated carbocycles. The van der Waals surface area contributed by atoms with Crippen LogP contribution in [0.15, 0.2) is 60.8 Å². The molecule has 25 heavy (non-hydrogen) atoms. The normalized spacial score (nSPS) is 10.8. The summed E-state index contributed by atoms with van der Waals surface area (Å²) in [5.74, 6) is 2.28. The maximum atomic E-state index is 5.37. The molecule has 4 aromatic rings. The topological polar surface area (TPSA) is 62.8 Å². The van der Waals surface area contributed by atoms with Crippen molar-refractivity contribution in [2.75, 3.05) is 12.4 Å². The van der Waals surface area contributed by atoms with Gasteiger partial charge < -0.3 is 10.1 Å². The lowest BCUT2D eigenvalue weighted by Crippen LogP contribution is -1.97. The van der Waals surface area contributed by atoms with Crippen molar-refractivity contribution in [1.82, 2.24) is 15.2 Å². The zero-order valence-electron chi connectivity index (χ0n) is 14.1. The van der Waals surface area contributed by atoms with Crippen molar-refractivity contribution in [2.24, 2.45) is 0 Å². The highest BCUT2D eigenvalue weighted by molar-refractivity contribution is 5.97. The van der Waals surface area contributed by atoms with Crippen LogP contribution in [0, 0.1) is 6.92 Å². The van der Waals surface area contributed by atoms with Gasteiger partial charge in [-0.15, -0.1) is 0 Å². The summed E-state index contributed by atoms with van der Waals surface area (Å²) < 4.78 is 5.37. The number of benzene rings is 2. The number of hydrogen-bond donors (Lipinski definition) is 2. The largest absolute Gasteiger partial charge is 0.497 e. The van der Waals surface area contributed by atoms with Gasteiger partial charge in [0.2, 0.25) is 0 Å². The van der Waals surface area contributed by atoms with E-state index >= 15 is 0 Å². The predicted octanol–water partition coefficient (Wildman–Crippen LogP) is 4.69. The molecule has 0 bridgehead atoms. The molecule has 124 valence electrons. The molecule has 0 saturated heterocycles. The number of aromatic nitrogens is 3. The number of methoxy groups -OCH3 is 1. The molecule has 0 radical (unpaired) electrons. The van der Waals surface area contributed by atoms with Gasteiger partial charge in [-0.05, 0) is 36.6 Å². The summed E-state index contributed by atoms with van der Waals surface area (Å²) in [6, 6.07) is 18.3. The van der Waals surface area contributed by atoms with Crippen LogP contribution < -0.4 is 10.1 Å². The summed E-state index contributed by atoms with van der Waals surface area (Å²) in [5.41, 5.74) is 3.23. The molecule has 0 spiro atoms. The van der Waals surface area contributed by atoms with Gasteiger partial charge in [-0.1, -0.05) is 29.8 Å². The van der Waals surface area contributed by atoms with E-state index in [1.165, 1.54) is 5.56 Å². The number of nitrogens with one attached hydrogen (secondary N) is 2. The Kier molecular flexibility index (Phi) is 3.82. The first-order valence-corrected chi connectivity index (χ1v) is 8.05. The van der Waals surface area contributed by atoms with Crippen LogP contribution in [0.5, 0.6) is 5.75 Å². The molecule has 5 nitrogen and oxygen atoms in total. The lowest BCUT2D eigenvalue weighted by molar-refractivity contribution is 0.415. The van der Waals surface area contributed by atoms with Gasteiger partial charge in [-0.25, -0.2) is 4.98 Å². The number of nitrogens with zero attached hydrogens (tertiary/aromatic N) is 2. The Bertz CT molecular complexity index is 1010. The Hall–Kier alpha value is -3.34. The average molecular weight is 330 g/mol. The van der Waals surface area contributed by atoms with E-state index in [1.54, 1.807) is 13.3 Å². The smallest absolute Gasteiger partial charge is 0.153 e. The highest BCUT2D eigenvalue weighted by Crippen LogP contribution is 2.32. The fraction of sp³-hybridized carbons (Fsp3) is 0.100. The van der Waals surface area contributed by atoms with E-state index in [0.717, 1.165) is 39.4 Å². The first-order valence-electron chi connectivity index (χ1n) is 8.05. The van der Waals surface area contributed by atoms with Crippen molar-refractivity contribution < 1.29 is 4.74 Å². The van der Waals surface area contributed by atoms with E-state index in [0.29, 0.717) is 0 Å². The molecule has 0 unspecified atom stereocenters. The summed E-state index contributed by atoms with van der Waals surface area (Å²) in [6.45, 7) is 2.08. The monoisotopic (exact) mass is 330 g/mol. The van der Waals surface area contributed by atoms with Crippen LogP contribution >= 0.6 is 0 Å². The number of ether oxygens (including phenoxy) is 1. The standard InChI is InChI=1S/C20H18N4O/c1-13-3-5-14(6-4-13)20-17-8-7-16(25-2)11-15(17)12-19(23-20)22-18-9-10-21-24-18/h3-12H,1-2H3,(H2,21,22,23,24). The van der Waals surface area contributed by atoms with Crippen molar-refractivity contribution in [3.63, 3.8) is 0 Å². The van der Waals surface area contributed by atoms with Crippen LogP contribution in [0.1, 0.15) is 5.56 Å². The third kappa shape index (κ3) is 3.04. The zero-order chi connectivity index (χ0) is 17.2. The van der Waals surface area contributed by atoms with Crippen LogP contribution in [-0.2, 0) is 0 Å². The first-order chi connectivity index (χ1) is 12.2. The molecule has 0 aliphatic rings. The van der Waals surface area contributed by atoms with Gasteiger partial charge in [-0.2, -0.15) is 5.10 Å². The number of H-pyrrole nitrogens is 1. The number of pyridine rings is 1. The fourth-order valence-electron chi connectivity index (χ4n) is 2.82. The van der Waals surface area contributed by atoms with E-state index in [-0.39, 0.29) is 0 Å². The van der Waals surface area contributed by atoms with Crippen molar-refractivity contribution >= 4 is 22.4 Å². The van der Waals surface area contributed by atoms with Gasteiger partial charge >= 0.3 is 0 Å². The van der Waals surface area contributed by atoms with E-state index in [1.807, 2.05) is 24.3 Å². The average Bonchev–Trinajstić information content (AvgIpc) is 3.14. The maximum Gasteiger partial charge on any atom is 0.153 e. The fourth-order valence-corrected chi connectivity index (χ4v) is 2.82. The third-order valence-corrected chi connectivity index (χ3v) is 4.12. The van der Waals surface area contributed by atoms with Crippen LogP contribution in [0.25, 0.3) is 22.0 Å². The van der Waals surface area contributed by atoms with Crippen molar-refractivity contribution in [1.29, 1.82) is 0 Å². The molecule has 2 aromatic carbocycles. The molecule has 0 atom stereocenters. The molecule has 5 heteroatoms. The number of aryl methyl sites for hydroxylation is 1. The van der Waals surface area contributed by atoms with Crippen LogP contribution in [-0.4, -0.2) is 22.3 Å². The highest BCUT2D eigenvalue weighted by Gasteiger charge is 2.10. The quantitative estimate of drug-likeness (QED) is 0.570. The number of hydrogen-bond acceptors (Lipinski definition) is 4. The molecular weight excluding hydrogens is 312 g/mol. The third-order valence-electron chi connectivity index (χ3n) is 4.12. The molecule has 0 aliphatic carbocycles. The van der Waals surface area contributed by atoms with E-state index in [9.17, 15) is 0 Å². The Balaban J connectivity index is 1.90. The maximum absolute atomic E-state index is 5.37. The molecule has 0 aliphatic heterocycles. The molecular formula is C20H18N4O. The molecule has 2 N–H and O–H groups in total. The Morgan fingerprint density at radius 3 is 2.52 bits per heavy atom. The minimum Gasteiger partial charge on any atom is -0.497 e. The van der Waals surface area contributed by atoms with Crippen LogP contribution in [0.2, 0.25) is 0 Å². The second-order valence-electron chi connectivity index (χ2n) is 5.89. The Morgan fingerprint density at radius 2 is 1.80 bits per heavy atom. The van der Waals surface area contributed by atoms with E-state index in [2.05, 4.69) is 52.8 Å². The summed E-state index contributed by atoms with van der Waals surface area (Å²) in [7, 11) is 1.67. The summed E-state index contributed by atoms with van der Waals surface area (Å²) in [4.78, 5) is 4.83. The number of rotatable bonds is 4. The van der Waals surface area contributed by atoms with Gasteiger partial charge in [0.25, 0.3) is 0 Å². The number of aromatic amines is 1. The van der Waals surface area contributed by atoms with Gasteiger partial charge in [0.05, 0.1) is 12.8 Å². The molecule has 0 fully saturated rings. The van der Waals surface area contributed by atoms with Crippen molar-refractivity contribution in [3.05, 3.63) is 66.4 Å². The van der Waals surface area contributed by atoms with Crippen molar-refractivity contribution in [3.8, 4) is 17.0 Å². The van der Waals surface area contributed by atoms with E-state index in [4.69, 9.17) is 9.72 Å². The lowest BCUT2D eigenvalue weighted by Gasteiger charge is -2.11. The van der Waals surface area contributed by atoms with Gasteiger partial charge in [-0.3, -0.25) is 5.10 Å². The summed E-state index contributed by atoms with van der Waals surface area (Å²) in [5, 5.41) is 12.3. The van der Waals surface area contributed by atoms with E-state index < -0.39 is 0 Å². The SMILES string of the molecule is COc1ccc2c(-c3ccc(C)cc3)nc(Nc3cc[nH]n3)cc2c1. The van der Waals surface area contributed by atoms with Gasteiger partial charge in [0.1, 0.15) is 11.6 Å². The second kappa shape index (κ2) is 6.28. The van der Waals surface area contributed by atoms with Crippen molar-refractivity contribution in [2.45, 2.75) is 6.92 Å². The Morgan fingerprint density at radius 1 is 0.960 bits per heavy atom. The molecule has 0 amide bonds. The zero-order valence-corrected chi connectivity index (χ0v) is 14.1. The molecule has 2 aromatic heterocycles. The molecule has 4 rings (SSSR count). The second-order valence-corrected chi connectivity index (χ2v) is 5.89. The first kappa shape index (κ1) is 15.2. The predicted molar refractivity (Wildman–Crippen MR) is 100 cm³/mol.